The van der Waals surface area contributed by atoms with Crippen molar-refractivity contribution in [2.45, 2.75) is 58.8 Å². The van der Waals surface area contributed by atoms with Gasteiger partial charge in [-0.1, -0.05) is 67.4 Å². The molecule has 0 radical (unpaired) electrons. The third-order valence-corrected chi connectivity index (χ3v) is 5.89. The molecule has 0 aliphatic rings. The van der Waals surface area contributed by atoms with Gasteiger partial charge in [0.25, 0.3) is 0 Å². The highest BCUT2D eigenvalue weighted by Gasteiger charge is 2.23. The molecule has 164 valence electrons. The molecule has 0 bridgehead atoms. The lowest BCUT2D eigenvalue weighted by Gasteiger charge is -2.19. The molecule has 0 spiro atoms. The van der Waals surface area contributed by atoms with E-state index >= 15 is 4.39 Å². The Hall–Kier alpha value is -2.62. The Labute approximate surface area is 181 Å². The van der Waals surface area contributed by atoms with Gasteiger partial charge in [0.05, 0.1) is 0 Å². The molecule has 0 saturated carbocycles. The average Bonchev–Trinajstić information content (AvgIpc) is 2.75. The Bertz CT molecular complexity index is 1040. The topological polar surface area (TPSA) is 0 Å². The van der Waals surface area contributed by atoms with Crippen LogP contribution in [0.2, 0.25) is 0 Å². The fourth-order valence-corrected chi connectivity index (χ4v) is 4.05. The summed E-state index contributed by atoms with van der Waals surface area (Å²) in [4.78, 5) is 0. The van der Waals surface area contributed by atoms with Crippen LogP contribution in [-0.2, 0) is 6.42 Å². The fraction of sp³-hybridized carbons (Fsp3) is 0.333. The predicted molar refractivity (Wildman–Crippen MR) is 118 cm³/mol. The number of hydrogen-bond donors (Lipinski definition) is 0. The second-order valence-corrected chi connectivity index (χ2v) is 8.25. The summed E-state index contributed by atoms with van der Waals surface area (Å²) in [6, 6.07) is 13.9. The second kappa shape index (κ2) is 10.1. The molecule has 0 fully saturated rings. The lowest BCUT2D eigenvalue weighted by atomic mass is 9.87. The number of rotatable bonds is 8. The van der Waals surface area contributed by atoms with E-state index in [0.29, 0.717) is 5.56 Å². The maximum absolute atomic E-state index is 15.0. The van der Waals surface area contributed by atoms with Gasteiger partial charge in [-0.15, -0.1) is 0 Å². The Morgan fingerprint density at radius 2 is 1.29 bits per heavy atom. The van der Waals surface area contributed by atoms with Crippen molar-refractivity contribution in [2.24, 2.45) is 0 Å². The number of benzene rings is 3. The van der Waals surface area contributed by atoms with Crippen molar-refractivity contribution in [2.75, 3.05) is 0 Å². The van der Waals surface area contributed by atoms with Crippen molar-refractivity contribution in [3.05, 3.63) is 94.1 Å². The summed E-state index contributed by atoms with van der Waals surface area (Å²) < 4.78 is 58.2. The van der Waals surface area contributed by atoms with E-state index in [4.69, 9.17) is 0 Å². The van der Waals surface area contributed by atoms with E-state index < -0.39 is 23.3 Å². The zero-order valence-electron chi connectivity index (χ0n) is 18.2. The molecule has 0 heterocycles. The van der Waals surface area contributed by atoms with Gasteiger partial charge in [0.1, 0.15) is 0 Å². The fourth-order valence-electron chi connectivity index (χ4n) is 4.05. The van der Waals surface area contributed by atoms with Gasteiger partial charge < -0.3 is 0 Å². The molecule has 0 aliphatic heterocycles. The third-order valence-electron chi connectivity index (χ3n) is 5.89. The molecule has 0 aromatic heterocycles. The lowest BCUT2D eigenvalue weighted by Crippen LogP contribution is -2.06. The SMILES string of the molecule is CCCC(CCCc1ccc(C)cc1)c1ccc(-c2ccc(C)c(F)c2F)c(F)c1F. The van der Waals surface area contributed by atoms with Gasteiger partial charge in [0.15, 0.2) is 23.3 Å². The maximum Gasteiger partial charge on any atom is 0.167 e. The van der Waals surface area contributed by atoms with E-state index in [1.807, 2.05) is 13.8 Å². The van der Waals surface area contributed by atoms with Crippen molar-refractivity contribution in [1.82, 2.24) is 0 Å². The summed E-state index contributed by atoms with van der Waals surface area (Å²) in [5, 5.41) is 0. The average molecular weight is 429 g/mol. The van der Waals surface area contributed by atoms with Crippen molar-refractivity contribution in [3.63, 3.8) is 0 Å². The Morgan fingerprint density at radius 3 is 1.94 bits per heavy atom. The minimum Gasteiger partial charge on any atom is -0.203 e. The molecule has 1 unspecified atom stereocenters. The zero-order chi connectivity index (χ0) is 22.5. The van der Waals surface area contributed by atoms with Gasteiger partial charge in [0.2, 0.25) is 0 Å². The first kappa shape index (κ1) is 23.1. The highest BCUT2D eigenvalue weighted by molar-refractivity contribution is 5.66. The number of hydrogen-bond acceptors (Lipinski definition) is 0. The van der Waals surface area contributed by atoms with Crippen LogP contribution in [0.4, 0.5) is 17.6 Å². The van der Waals surface area contributed by atoms with E-state index in [9.17, 15) is 13.2 Å². The van der Waals surface area contributed by atoms with Crippen molar-refractivity contribution < 1.29 is 17.6 Å². The van der Waals surface area contributed by atoms with Crippen LogP contribution in [0.15, 0.2) is 48.5 Å². The van der Waals surface area contributed by atoms with E-state index in [-0.39, 0.29) is 22.6 Å². The van der Waals surface area contributed by atoms with Crippen molar-refractivity contribution in [1.29, 1.82) is 0 Å². The van der Waals surface area contributed by atoms with Gasteiger partial charge >= 0.3 is 0 Å². The molecule has 31 heavy (non-hydrogen) atoms. The van der Waals surface area contributed by atoms with Gasteiger partial charge in [-0.2, -0.15) is 0 Å². The Morgan fingerprint density at radius 1 is 0.677 bits per heavy atom. The van der Waals surface area contributed by atoms with E-state index in [1.54, 1.807) is 0 Å². The summed E-state index contributed by atoms with van der Waals surface area (Å²) in [7, 11) is 0. The first-order valence-electron chi connectivity index (χ1n) is 10.8. The standard InChI is InChI=1S/C27H28F4/c1-4-6-20(8-5-7-19-12-9-17(2)10-13-19)21-15-16-23(27(31)25(21)29)22-14-11-18(3)24(28)26(22)30/h9-16,20H,4-8H2,1-3H3. The molecule has 0 saturated heterocycles. The van der Waals surface area contributed by atoms with Crippen LogP contribution >= 0.6 is 0 Å². The van der Waals surface area contributed by atoms with Crippen LogP contribution in [0.5, 0.6) is 0 Å². The molecule has 0 nitrogen and oxygen atoms in total. The van der Waals surface area contributed by atoms with Crippen molar-refractivity contribution >= 4 is 0 Å². The predicted octanol–water partition coefficient (Wildman–Crippen LogP) is 8.43. The first-order valence-corrected chi connectivity index (χ1v) is 10.8. The molecule has 1 atom stereocenters. The molecule has 3 rings (SSSR count). The van der Waals surface area contributed by atoms with Crippen LogP contribution in [0.3, 0.4) is 0 Å². The van der Waals surface area contributed by atoms with Crippen LogP contribution in [0, 0.1) is 37.1 Å². The molecular formula is C27H28F4. The quantitative estimate of drug-likeness (QED) is 0.316. The minimum absolute atomic E-state index is 0.121. The zero-order valence-corrected chi connectivity index (χ0v) is 18.2. The van der Waals surface area contributed by atoms with Crippen LogP contribution in [0.1, 0.15) is 60.8 Å². The Balaban J connectivity index is 1.83. The van der Waals surface area contributed by atoms with Gasteiger partial charge in [-0.3, -0.25) is 0 Å². The Kier molecular flexibility index (Phi) is 7.53. The molecule has 4 heteroatoms. The number of halogens is 4. The van der Waals surface area contributed by atoms with Gasteiger partial charge in [-0.25, -0.2) is 17.6 Å². The summed E-state index contributed by atoms with van der Waals surface area (Å²) in [6.45, 7) is 5.48. The minimum atomic E-state index is -1.16. The molecular weight excluding hydrogens is 400 g/mol. The monoisotopic (exact) mass is 428 g/mol. The lowest BCUT2D eigenvalue weighted by molar-refractivity contribution is 0.466. The van der Waals surface area contributed by atoms with Gasteiger partial charge in [-0.05, 0) is 62.1 Å². The smallest absolute Gasteiger partial charge is 0.167 e. The van der Waals surface area contributed by atoms with Crippen LogP contribution < -0.4 is 0 Å². The maximum atomic E-state index is 15.0. The highest BCUT2D eigenvalue weighted by atomic mass is 19.2. The summed E-state index contributed by atoms with van der Waals surface area (Å²) in [6.07, 6.45) is 4.03. The second-order valence-electron chi connectivity index (χ2n) is 8.25. The van der Waals surface area contributed by atoms with Crippen LogP contribution in [0.25, 0.3) is 11.1 Å². The van der Waals surface area contributed by atoms with E-state index in [2.05, 4.69) is 24.3 Å². The normalized spacial score (nSPS) is 12.2. The summed E-state index contributed by atoms with van der Waals surface area (Å²) >= 11 is 0. The molecule has 3 aromatic carbocycles. The molecule has 0 amide bonds. The van der Waals surface area contributed by atoms with E-state index in [0.717, 1.165) is 32.1 Å². The van der Waals surface area contributed by atoms with Crippen molar-refractivity contribution in [3.8, 4) is 11.1 Å². The summed E-state index contributed by atoms with van der Waals surface area (Å²) in [5.74, 6) is -4.42. The van der Waals surface area contributed by atoms with E-state index in [1.165, 1.54) is 42.3 Å². The van der Waals surface area contributed by atoms with Gasteiger partial charge in [0, 0.05) is 11.1 Å². The molecule has 0 aliphatic carbocycles. The third kappa shape index (κ3) is 5.17. The first-order chi connectivity index (χ1) is 14.8. The molecule has 0 N–H and O–H groups in total. The number of aryl methyl sites for hydroxylation is 3. The molecule has 3 aromatic rings. The highest BCUT2D eigenvalue weighted by Crippen LogP contribution is 2.35. The summed E-state index contributed by atoms with van der Waals surface area (Å²) in [5.41, 5.74) is 2.33. The largest absolute Gasteiger partial charge is 0.203 e. The van der Waals surface area contributed by atoms with Crippen LogP contribution in [-0.4, -0.2) is 0 Å².